The molecule has 0 bridgehead atoms. The van der Waals surface area contributed by atoms with Gasteiger partial charge in [-0.25, -0.2) is 0 Å². The van der Waals surface area contributed by atoms with Gasteiger partial charge in [0.2, 0.25) is 5.88 Å². The van der Waals surface area contributed by atoms with E-state index in [4.69, 9.17) is 10.5 Å². The van der Waals surface area contributed by atoms with E-state index in [1.807, 2.05) is 48.5 Å². The quantitative estimate of drug-likeness (QED) is 0.869. The second kappa shape index (κ2) is 5.03. The Morgan fingerprint density at radius 1 is 1.15 bits per heavy atom. The number of allylic oxidation sites excluding steroid dienone is 1. The molecule has 0 saturated heterocycles. The Morgan fingerprint density at radius 3 is 2.70 bits per heavy atom. The van der Waals surface area contributed by atoms with Crippen molar-refractivity contribution in [1.82, 2.24) is 0 Å². The van der Waals surface area contributed by atoms with Crippen LogP contribution < -0.4 is 10.5 Å². The van der Waals surface area contributed by atoms with E-state index in [-0.39, 0.29) is 11.8 Å². The van der Waals surface area contributed by atoms with Crippen LogP contribution in [0.4, 0.5) is 0 Å². The molecular weight excluding hydrogens is 316 g/mol. The maximum absolute atomic E-state index is 9.41. The summed E-state index contributed by atoms with van der Waals surface area (Å²) in [7, 11) is 0. The maximum atomic E-state index is 9.41. The highest BCUT2D eigenvalue weighted by atomic mass is 79.9. The minimum absolute atomic E-state index is 0.177. The Labute approximate surface area is 125 Å². The number of para-hydroxylation sites is 1. The number of benzene rings is 2. The van der Waals surface area contributed by atoms with E-state index in [9.17, 15) is 5.26 Å². The number of hydrogen-bond acceptors (Lipinski definition) is 3. The topological polar surface area (TPSA) is 59.0 Å². The number of rotatable bonds is 1. The van der Waals surface area contributed by atoms with Crippen LogP contribution in [0.1, 0.15) is 17.0 Å². The Kier molecular flexibility index (Phi) is 3.21. The number of nitrogens with two attached hydrogens (primary N) is 1. The van der Waals surface area contributed by atoms with Crippen molar-refractivity contribution < 1.29 is 4.74 Å². The first-order chi connectivity index (χ1) is 9.70. The van der Waals surface area contributed by atoms with Crippen LogP contribution in [-0.2, 0) is 0 Å². The fraction of sp³-hybridized carbons (Fsp3) is 0.0625. The van der Waals surface area contributed by atoms with Crippen LogP contribution in [-0.4, -0.2) is 0 Å². The SMILES string of the molecule is N#CC1=C(N)Oc2ccccc2[C@H]1c1cccc(Br)c1. The number of fused-ring (bicyclic) bond motifs is 1. The molecule has 0 aromatic heterocycles. The van der Waals surface area contributed by atoms with Crippen molar-refractivity contribution in [3.63, 3.8) is 0 Å². The number of nitrogens with zero attached hydrogens (tertiary/aromatic N) is 1. The predicted octanol–water partition coefficient (Wildman–Crippen LogP) is 3.67. The van der Waals surface area contributed by atoms with Gasteiger partial charge < -0.3 is 10.5 Å². The molecule has 1 aliphatic heterocycles. The van der Waals surface area contributed by atoms with Gasteiger partial charge in [0.1, 0.15) is 17.4 Å². The van der Waals surface area contributed by atoms with Crippen molar-refractivity contribution in [2.75, 3.05) is 0 Å². The molecule has 1 aliphatic rings. The van der Waals surface area contributed by atoms with E-state index in [0.717, 1.165) is 15.6 Å². The molecular formula is C16H11BrN2O. The van der Waals surface area contributed by atoms with Crippen LogP contribution in [0.15, 0.2) is 64.5 Å². The Bertz CT molecular complexity index is 746. The van der Waals surface area contributed by atoms with Crippen molar-refractivity contribution in [3.8, 4) is 11.8 Å². The van der Waals surface area contributed by atoms with Gasteiger partial charge in [0.05, 0.1) is 5.92 Å². The molecule has 98 valence electrons. The standard InChI is InChI=1S/C16H11BrN2O/c17-11-5-3-4-10(8-11)15-12-6-1-2-7-14(12)20-16(19)13(15)9-18/h1-8,15H,19H2/t15-/m1/s1. The zero-order valence-corrected chi connectivity index (χ0v) is 12.1. The molecule has 2 aromatic carbocycles. The molecule has 0 spiro atoms. The molecule has 0 aliphatic carbocycles. The zero-order chi connectivity index (χ0) is 14.1. The number of ether oxygens (including phenoxy) is 1. The first kappa shape index (κ1) is 12.8. The van der Waals surface area contributed by atoms with E-state index in [1.54, 1.807) is 0 Å². The molecule has 4 heteroatoms. The summed E-state index contributed by atoms with van der Waals surface area (Å²) in [5.74, 6) is 0.688. The normalized spacial score (nSPS) is 17.1. The number of halogens is 1. The van der Waals surface area contributed by atoms with E-state index < -0.39 is 0 Å². The summed E-state index contributed by atoms with van der Waals surface area (Å²) in [6, 6.07) is 17.7. The molecule has 0 fully saturated rings. The summed E-state index contributed by atoms with van der Waals surface area (Å²) < 4.78 is 6.51. The Hall–Kier alpha value is -2.25. The molecule has 0 saturated carbocycles. The lowest BCUT2D eigenvalue weighted by atomic mass is 9.84. The molecule has 2 N–H and O–H groups in total. The van der Waals surface area contributed by atoms with Crippen LogP contribution in [0.25, 0.3) is 0 Å². The van der Waals surface area contributed by atoms with E-state index in [2.05, 4.69) is 22.0 Å². The molecule has 0 radical (unpaired) electrons. The fourth-order valence-corrected chi connectivity index (χ4v) is 2.85. The largest absolute Gasteiger partial charge is 0.440 e. The van der Waals surface area contributed by atoms with Gasteiger partial charge >= 0.3 is 0 Å². The first-order valence-electron chi connectivity index (χ1n) is 6.12. The predicted molar refractivity (Wildman–Crippen MR) is 79.9 cm³/mol. The summed E-state index contributed by atoms with van der Waals surface area (Å²) in [5, 5.41) is 9.41. The van der Waals surface area contributed by atoms with E-state index >= 15 is 0 Å². The summed E-state index contributed by atoms with van der Waals surface area (Å²) in [5.41, 5.74) is 8.30. The van der Waals surface area contributed by atoms with Gasteiger partial charge in [-0.15, -0.1) is 0 Å². The summed E-state index contributed by atoms with van der Waals surface area (Å²) in [4.78, 5) is 0. The van der Waals surface area contributed by atoms with Crippen molar-refractivity contribution in [3.05, 3.63) is 75.6 Å². The van der Waals surface area contributed by atoms with Gasteiger partial charge in [-0.2, -0.15) is 5.26 Å². The van der Waals surface area contributed by atoms with Gasteiger partial charge in [-0.1, -0.05) is 46.3 Å². The van der Waals surface area contributed by atoms with Gasteiger partial charge in [0.15, 0.2) is 0 Å². The third-order valence-corrected chi connectivity index (χ3v) is 3.80. The third-order valence-electron chi connectivity index (χ3n) is 3.31. The average Bonchev–Trinajstić information content (AvgIpc) is 2.45. The van der Waals surface area contributed by atoms with Gasteiger partial charge in [0.25, 0.3) is 0 Å². The Morgan fingerprint density at radius 2 is 1.95 bits per heavy atom. The average molecular weight is 327 g/mol. The van der Waals surface area contributed by atoms with Crippen LogP contribution in [0, 0.1) is 11.3 Å². The minimum Gasteiger partial charge on any atom is -0.440 e. The molecule has 1 heterocycles. The van der Waals surface area contributed by atoms with Crippen molar-refractivity contribution in [2.24, 2.45) is 5.73 Å². The molecule has 20 heavy (non-hydrogen) atoms. The second-order valence-electron chi connectivity index (χ2n) is 4.52. The van der Waals surface area contributed by atoms with E-state index in [1.165, 1.54) is 0 Å². The highest BCUT2D eigenvalue weighted by molar-refractivity contribution is 9.10. The monoisotopic (exact) mass is 326 g/mol. The van der Waals surface area contributed by atoms with Crippen LogP contribution in [0.2, 0.25) is 0 Å². The fourth-order valence-electron chi connectivity index (χ4n) is 2.44. The molecule has 3 rings (SSSR count). The third kappa shape index (κ3) is 2.06. The Balaban J connectivity index is 2.23. The van der Waals surface area contributed by atoms with Gasteiger partial charge in [0, 0.05) is 10.0 Å². The summed E-state index contributed by atoms with van der Waals surface area (Å²) >= 11 is 3.46. The van der Waals surface area contributed by atoms with Crippen LogP contribution in [0.5, 0.6) is 5.75 Å². The highest BCUT2D eigenvalue weighted by Gasteiger charge is 2.30. The van der Waals surface area contributed by atoms with Crippen molar-refractivity contribution in [1.29, 1.82) is 5.26 Å². The molecule has 2 aromatic rings. The highest BCUT2D eigenvalue weighted by Crippen LogP contribution is 2.42. The molecule has 0 amide bonds. The molecule has 3 nitrogen and oxygen atoms in total. The molecule has 0 unspecified atom stereocenters. The lowest BCUT2D eigenvalue weighted by molar-refractivity contribution is 0.393. The zero-order valence-electron chi connectivity index (χ0n) is 10.5. The summed E-state index contributed by atoms with van der Waals surface area (Å²) in [6.45, 7) is 0. The number of hydrogen-bond donors (Lipinski definition) is 1. The second-order valence-corrected chi connectivity index (χ2v) is 5.43. The van der Waals surface area contributed by atoms with Crippen molar-refractivity contribution in [2.45, 2.75) is 5.92 Å². The van der Waals surface area contributed by atoms with Crippen molar-refractivity contribution >= 4 is 15.9 Å². The lowest BCUT2D eigenvalue weighted by Gasteiger charge is -2.26. The molecule has 1 atom stereocenters. The van der Waals surface area contributed by atoms with Crippen LogP contribution >= 0.6 is 15.9 Å². The van der Waals surface area contributed by atoms with Gasteiger partial charge in [-0.05, 0) is 23.8 Å². The summed E-state index contributed by atoms with van der Waals surface area (Å²) in [6.07, 6.45) is 0. The number of nitriles is 1. The van der Waals surface area contributed by atoms with Crippen LogP contribution in [0.3, 0.4) is 0 Å². The first-order valence-corrected chi connectivity index (χ1v) is 6.92. The lowest BCUT2D eigenvalue weighted by Crippen LogP contribution is -2.20. The van der Waals surface area contributed by atoms with E-state index in [0.29, 0.717) is 11.3 Å². The minimum atomic E-state index is -0.192. The smallest absolute Gasteiger partial charge is 0.205 e. The van der Waals surface area contributed by atoms with Gasteiger partial charge in [-0.3, -0.25) is 0 Å². The maximum Gasteiger partial charge on any atom is 0.205 e.